The highest BCUT2D eigenvalue weighted by Crippen LogP contribution is 2.33. The standard InChI is InChI=1S/C15H20O2/c1-10-8-15(9-11(10)2)17-14-6-4-13(5-7-14)12(3)16/h4-7,10-11,15H,8-9H2,1-3H3. The maximum atomic E-state index is 11.1. The van der Waals surface area contributed by atoms with Gasteiger partial charge in [-0.1, -0.05) is 13.8 Å². The molecule has 0 spiro atoms. The zero-order valence-electron chi connectivity index (χ0n) is 10.8. The van der Waals surface area contributed by atoms with E-state index < -0.39 is 0 Å². The van der Waals surface area contributed by atoms with E-state index in [1.165, 1.54) is 0 Å². The van der Waals surface area contributed by atoms with Crippen LogP contribution in [-0.2, 0) is 0 Å². The highest BCUT2D eigenvalue weighted by molar-refractivity contribution is 5.94. The molecule has 0 saturated heterocycles. The van der Waals surface area contributed by atoms with Crippen molar-refractivity contribution >= 4 is 5.78 Å². The predicted molar refractivity (Wildman–Crippen MR) is 68.4 cm³/mol. The second-order valence-electron chi connectivity index (χ2n) is 5.25. The average molecular weight is 232 g/mol. The Kier molecular flexibility index (Phi) is 3.51. The molecule has 1 aliphatic rings. The molecule has 2 unspecified atom stereocenters. The first-order valence-corrected chi connectivity index (χ1v) is 6.34. The lowest BCUT2D eigenvalue weighted by molar-refractivity contribution is 0.101. The van der Waals surface area contributed by atoms with Gasteiger partial charge in [0.25, 0.3) is 0 Å². The van der Waals surface area contributed by atoms with Gasteiger partial charge >= 0.3 is 0 Å². The lowest BCUT2D eigenvalue weighted by Crippen LogP contribution is -2.12. The number of carbonyl (C=O) groups excluding carboxylic acids is 1. The summed E-state index contributed by atoms with van der Waals surface area (Å²) in [6.07, 6.45) is 2.61. The van der Waals surface area contributed by atoms with Gasteiger partial charge in [0.1, 0.15) is 5.75 Å². The third kappa shape index (κ3) is 2.87. The number of hydrogen-bond donors (Lipinski definition) is 0. The highest BCUT2D eigenvalue weighted by atomic mass is 16.5. The van der Waals surface area contributed by atoms with Gasteiger partial charge in [-0.15, -0.1) is 0 Å². The minimum atomic E-state index is 0.0969. The number of benzene rings is 1. The molecule has 1 aromatic carbocycles. The molecule has 0 heterocycles. The monoisotopic (exact) mass is 232 g/mol. The molecule has 0 aliphatic heterocycles. The predicted octanol–water partition coefficient (Wildman–Crippen LogP) is 3.70. The van der Waals surface area contributed by atoms with Crippen LogP contribution in [0.25, 0.3) is 0 Å². The van der Waals surface area contributed by atoms with Crippen LogP contribution in [0.2, 0.25) is 0 Å². The third-order valence-electron chi connectivity index (χ3n) is 3.80. The van der Waals surface area contributed by atoms with Gasteiger partial charge in [0, 0.05) is 5.56 Å². The Morgan fingerprint density at radius 2 is 1.65 bits per heavy atom. The number of Topliss-reactive ketones (excluding diaryl/α,β-unsaturated/α-hetero) is 1. The SMILES string of the molecule is CC(=O)c1ccc(OC2CC(C)C(C)C2)cc1. The first-order chi connectivity index (χ1) is 8.06. The fraction of sp³-hybridized carbons (Fsp3) is 0.533. The maximum Gasteiger partial charge on any atom is 0.159 e. The van der Waals surface area contributed by atoms with Crippen molar-refractivity contribution < 1.29 is 9.53 Å². The molecule has 17 heavy (non-hydrogen) atoms. The highest BCUT2D eigenvalue weighted by Gasteiger charge is 2.29. The molecule has 2 heteroatoms. The minimum absolute atomic E-state index is 0.0969. The largest absolute Gasteiger partial charge is 0.490 e. The zero-order valence-corrected chi connectivity index (χ0v) is 10.8. The summed E-state index contributed by atoms with van der Waals surface area (Å²) in [5.74, 6) is 2.47. The number of carbonyl (C=O) groups is 1. The van der Waals surface area contributed by atoms with Crippen molar-refractivity contribution in [2.45, 2.75) is 39.7 Å². The van der Waals surface area contributed by atoms with Crippen molar-refractivity contribution in [2.24, 2.45) is 11.8 Å². The van der Waals surface area contributed by atoms with Crippen LogP contribution in [0.3, 0.4) is 0 Å². The summed E-state index contributed by atoms with van der Waals surface area (Å²) in [4.78, 5) is 11.1. The summed E-state index contributed by atoms with van der Waals surface area (Å²) in [5, 5.41) is 0. The average Bonchev–Trinajstić information content (AvgIpc) is 2.58. The molecule has 0 bridgehead atoms. The van der Waals surface area contributed by atoms with Crippen molar-refractivity contribution in [1.29, 1.82) is 0 Å². The van der Waals surface area contributed by atoms with Crippen LogP contribution in [0.1, 0.15) is 44.0 Å². The molecule has 1 aromatic rings. The van der Waals surface area contributed by atoms with Crippen LogP contribution < -0.4 is 4.74 Å². The molecule has 0 N–H and O–H groups in total. The molecule has 92 valence electrons. The van der Waals surface area contributed by atoms with Crippen molar-refractivity contribution in [2.75, 3.05) is 0 Å². The molecule has 1 aliphatic carbocycles. The number of ether oxygens (including phenoxy) is 1. The summed E-state index contributed by atoms with van der Waals surface area (Å²) in [5.41, 5.74) is 0.741. The van der Waals surface area contributed by atoms with Crippen molar-refractivity contribution in [3.8, 4) is 5.75 Å². The van der Waals surface area contributed by atoms with Gasteiger partial charge in [-0.25, -0.2) is 0 Å². The maximum absolute atomic E-state index is 11.1. The molecule has 0 radical (unpaired) electrons. The summed E-state index contributed by atoms with van der Waals surface area (Å²) >= 11 is 0. The Morgan fingerprint density at radius 1 is 1.12 bits per heavy atom. The van der Waals surface area contributed by atoms with Crippen LogP contribution in [0, 0.1) is 11.8 Å². The Bertz CT molecular complexity index is 384. The first kappa shape index (κ1) is 12.2. The van der Waals surface area contributed by atoms with Gasteiger partial charge in [0.2, 0.25) is 0 Å². The lowest BCUT2D eigenvalue weighted by Gasteiger charge is -2.13. The molecule has 1 fully saturated rings. The van der Waals surface area contributed by atoms with Crippen LogP contribution in [-0.4, -0.2) is 11.9 Å². The molecular weight excluding hydrogens is 212 g/mol. The van der Waals surface area contributed by atoms with E-state index in [1.54, 1.807) is 6.92 Å². The summed E-state index contributed by atoms with van der Waals surface area (Å²) in [6, 6.07) is 7.45. The van der Waals surface area contributed by atoms with Crippen molar-refractivity contribution in [3.63, 3.8) is 0 Å². The number of ketones is 1. The summed E-state index contributed by atoms with van der Waals surface area (Å²) in [6.45, 7) is 6.15. The number of rotatable bonds is 3. The first-order valence-electron chi connectivity index (χ1n) is 6.34. The van der Waals surface area contributed by atoms with E-state index in [0.717, 1.165) is 36.0 Å². The Morgan fingerprint density at radius 3 is 2.12 bits per heavy atom. The molecular formula is C15H20O2. The molecule has 0 aromatic heterocycles. The molecule has 2 atom stereocenters. The van der Waals surface area contributed by atoms with Gasteiger partial charge in [-0.2, -0.15) is 0 Å². The topological polar surface area (TPSA) is 26.3 Å². The van der Waals surface area contributed by atoms with E-state index in [4.69, 9.17) is 4.74 Å². The van der Waals surface area contributed by atoms with Crippen LogP contribution in [0.15, 0.2) is 24.3 Å². The van der Waals surface area contributed by atoms with Gasteiger partial charge in [-0.3, -0.25) is 4.79 Å². The zero-order chi connectivity index (χ0) is 12.4. The molecule has 2 rings (SSSR count). The second kappa shape index (κ2) is 4.91. The van der Waals surface area contributed by atoms with E-state index in [-0.39, 0.29) is 5.78 Å². The van der Waals surface area contributed by atoms with Gasteiger partial charge in [0.15, 0.2) is 5.78 Å². The van der Waals surface area contributed by atoms with E-state index >= 15 is 0 Å². The quantitative estimate of drug-likeness (QED) is 0.743. The van der Waals surface area contributed by atoms with E-state index in [9.17, 15) is 4.79 Å². The molecule has 0 amide bonds. The fourth-order valence-corrected chi connectivity index (χ4v) is 2.45. The Labute approximate surface area is 103 Å². The minimum Gasteiger partial charge on any atom is -0.490 e. The van der Waals surface area contributed by atoms with E-state index in [0.29, 0.717) is 6.10 Å². The van der Waals surface area contributed by atoms with Crippen LogP contribution in [0.5, 0.6) is 5.75 Å². The van der Waals surface area contributed by atoms with E-state index in [2.05, 4.69) is 13.8 Å². The van der Waals surface area contributed by atoms with Gasteiger partial charge in [0.05, 0.1) is 6.10 Å². The fourth-order valence-electron chi connectivity index (χ4n) is 2.45. The number of hydrogen-bond acceptors (Lipinski definition) is 2. The van der Waals surface area contributed by atoms with Gasteiger partial charge < -0.3 is 4.74 Å². The van der Waals surface area contributed by atoms with Crippen molar-refractivity contribution in [1.82, 2.24) is 0 Å². The molecule has 1 saturated carbocycles. The normalized spacial score (nSPS) is 28.1. The Hall–Kier alpha value is -1.31. The summed E-state index contributed by atoms with van der Waals surface area (Å²) in [7, 11) is 0. The Balaban J connectivity index is 1.98. The lowest BCUT2D eigenvalue weighted by atomic mass is 10.0. The van der Waals surface area contributed by atoms with Crippen LogP contribution in [0.4, 0.5) is 0 Å². The third-order valence-corrected chi connectivity index (χ3v) is 3.80. The van der Waals surface area contributed by atoms with E-state index in [1.807, 2.05) is 24.3 Å². The van der Waals surface area contributed by atoms with Gasteiger partial charge in [-0.05, 0) is 55.9 Å². The smallest absolute Gasteiger partial charge is 0.159 e. The summed E-state index contributed by atoms with van der Waals surface area (Å²) < 4.78 is 5.94. The second-order valence-corrected chi connectivity index (χ2v) is 5.25. The van der Waals surface area contributed by atoms with Crippen molar-refractivity contribution in [3.05, 3.63) is 29.8 Å². The van der Waals surface area contributed by atoms with Crippen LogP contribution >= 0.6 is 0 Å². The molecule has 2 nitrogen and oxygen atoms in total.